The first-order valence-electron chi connectivity index (χ1n) is 9.55. The fourth-order valence-corrected chi connectivity index (χ4v) is 3.56. The van der Waals surface area contributed by atoms with Gasteiger partial charge in [-0.2, -0.15) is 0 Å². The molecule has 1 unspecified atom stereocenters. The number of carbonyl (C=O) groups excluding carboxylic acids is 2. The molecule has 1 fully saturated rings. The van der Waals surface area contributed by atoms with Gasteiger partial charge in [0.1, 0.15) is 5.75 Å². The fourth-order valence-electron chi connectivity index (χ4n) is 3.56. The molecule has 0 radical (unpaired) electrons. The van der Waals surface area contributed by atoms with Crippen LogP contribution >= 0.6 is 0 Å². The summed E-state index contributed by atoms with van der Waals surface area (Å²) in [5.41, 5.74) is 1.23. The average Bonchev–Trinajstić information content (AvgIpc) is 3.27. The van der Waals surface area contributed by atoms with Crippen molar-refractivity contribution >= 4 is 17.4 Å². The summed E-state index contributed by atoms with van der Waals surface area (Å²) < 4.78 is 17.7. The predicted molar refractivity (Wildman–Crippen MR) is 104 cm³/mol. The number of ether oxygens (including phenoxy) is 3. The van der Waals surface area contributed by atoms with Crippen molar-refractivity contribution in [1.29, 1.82) is 0 Å². The Kier molecular flexibility index (Phi) is 4.71. The van der Waals surface area contributed by atoms with Crippen LogP contribution < -0.4 is 19.5 Å². The highest BCUT2D eigenvalue weighted by Gasteiger charge is 2.44. The first-order chi connectivity index (χ1) is 13.4. The zero-order valence-corrected chi connectivity index (χ0v) is 16.0. The minimum Gasteiger partial charge on any atom is -0.481 e. The monoisotopic (exact) mass is 381 g/mol. The van der Waals surface area contributed by atoms with Crippen molar-refractivity contribution in [3.63, 3.8) is 0 Å². The zero-order chi connectivity index (χ0) is 19.7. The quantitative estimate of drug-likeness (QED) is 0.780. The van der Waals surface area contributed by atoms with Crippen LogP contribution in [0.5, 0.6) is 17.2 Å². The molecule has 28 heavy (non-hydrogen) atoms. The van der Waals surface area contributed by atoms with Gasteiger partial charge in [-0.15, -0.1) is 0 Å². The Morgan fingerprint density at radius 3 is 2.39 bits per heavy atom. The fraction of sp³-hybridized carbons (Fsp3) is 0.364. The molecular formula is C22H23NO5. The van der Waals surface area contributed by atoms with Crippen LogP contribution in [0.4, 0.5) is 5.69 Å². The normalized spacial score (nSPS) is 17.4. The van der Waals surface area contributed by atoms with E-state index in [4.69, 9.17) is 14.2 Å². The van der Waals surface area contributed by atoms with Crippen LogP contribution in [-0.2, 0) is 4.79 Å². The van der Waals surface area contributed by atoms with E-state index in [0.29, 0.717) is 22.7 Å². The molecule has 6 heteroatoms. The van der Waals surface area contributed by atoms with Crippen LogP contribution in [0.25, 0.3) is 0 Å². The second-order valence-electron chi connectivity index (χ2n) is 7.31. The van der Waals surface area contributed by atoms with E-state index in [1.165, 1.54) is 6.92 Å². The third kappa shape index (κ3) is 3.67. The number of hydrogen-bond acceptors (Lipinski definition) is 5. The van der Waals surface area contributed by atoms with E-state index in [9.17, 15) is 9.59 Å². The van der Waals surface area contributed by atoms with Crippen molar-refractivity contribution in [2.45, 2.75) is 51.4 Å². The highest BCUT2D eigenvalue weighted by molar-refractivity contribution is 5.95. The first-order valence-corrected chi connectivity index (χ1v) is 9.55. The summed E-state index contributed by atoms with van der Waals surface area (Å²) in [5, 5.41) is 2.85. The maximum atomic E-state index is 12.5. The maximum Gasteiger partial charge on any atom is 0.265 e. The number of Topliss-reactive ketones (excluding diaryl/α,β-unsaturated/α-hetero) is 1. The van der Waals surface area contributed by atoms with Gasteiger partial charge in [-0.3, -0.25) is 9.59 Å². The van der Waals surface area contributed by atoms with Crippen LogP contribution in [0.2, 0.25) is 0 Å². The number of rotatable bonds is 5. The minimum atomic E-state index is -0.699. The molecule has 146 valence electrons. The topological polar surface area (TPSA) is 73.9 Å². The molecule has 1 N–H and O–H groups in total. The molecule has 0 bridgehead atoms. The van der Waals surface area contributed by atoms with Gasteiger partial charge in [-0.25, -0.2) is 0 Å². The Hall–Kier alpha value is -3.02. The van der Waals surface area contributed by atoms with E-state index in [-0.39, 0.29) is 11.7 Å². The SMILES string of the molecule is CC(=O)c1ccc(OC(C)C(=O)Nc2ccc3c(c2)OC2(CCCC2)O3)cc1. The molecule has 1 heterocycles. The number of ketones is 1. The van der Waals surface area contributed by atoms with Crippen LogP contribution in [0.15, 0.2) is 42.5 Å². The second-order valence-corrected chi connectivity index (χ2v) is 7.31. The molecule has 4 rings (SSSR count). The van der Waals surface area contributed by atoms with Crippen molar-refractivity contribution in [3.05, 3.63) is 48.0 Å². The summed E-state index contributed by atoms with van der Waals surface area (Å²) in [6.45, 7) is 3.18. The highest BCUT2D eigenvalue weighted by atomic mass is 16.7. The second kappa shape index (κ2) is 7.19. The number of fused-ring (bicyclic) bond motifs is 1. The molecular weight excluding hydrogens is 358 g/mol. The van der Waals surface area contributed by atoms with Gasteiger partial charge >= 0.3 is 0 Å². The predicted octanol–water partition coefficient (Wildman–Crippen LogP) is 4.34. The van der Waals surface area contributed by atoms with Crippen LogP contribution in [0.3, 0.4) is 0 Å². The molecule has 2 aromatic carbocycles. The van der Waals surface area contributed by atoms with E-state index in [1.807, 2.05) is 6.07 Å². The molecule has 0 saturated heterocycles. The Balaban J connectivity index is 1.38. The van der Waals surface area contributed by atoms with E-state index < -0.39 is 11.9 Å². The molecule has 2 aliphatic rings. The number of amides is 1. The third-order valence-corrected chi connectivity index (χ3v) is 5.11. The van der Waals surface area contributed by atoms with Crippen LogP contribution in [-0.4, -0.2) is 23.6 Å². The molecule has 1 saturated carbocycles. The van der Waals surface area contributed by atoms with Crippen molar-refractivity contribution in [1.82, 2.24) is 0 Å². The first kappa shape index (κ1) is 18.3. The number of benzene rings is 2. The summed E-state index contributed by atoms with van der Waals surface area (Å²) in [6.07, 6.45) is 3.27. The lowest BCUT2D eigenvalue weighted by atomic mass is 10.1. The number of nitrogens with one attached hydrogen (secondary N) is 1. The van der Waals surface area contributed by atoms with Gasteiger partial charge in [-0.05, 0) is 63.1 Å². The third-order valence-electron chi connectivity index (χ3n) is 5.11. The van der Waals surface area contributed by atoms with Gasteiger partial charge in [0, 0.05) is 30.2 Å². The molecule has 1 atom stereocenters. The van der Waals surface area contributed by atoms with Gasteiger partial charge < -0.3 is 19.5 Å². The lowest BCUT2D eigenvalue weighted by Gasteiger charge is -2.21. The highest BCUT2D eigenvalue weighted by Crippen LogP contribution is 2.47. The zero-order valence-electron chi connectivity index (χ0n) is 16.0. The van der Waals surface area contributed by atoms with Gasteiger partial charge in [0.15, 0.2) is 23.4 Å². The maximum absolute atomic E-state index is 12.5. The Bertz CT molecular complexity index is 900. The van der Waals surface area contributed by atoms with Crippen molar-refractivity contribution in [2.24, 2.45) is 0 Å². The van der Waals surface area contributed by atoms with Crippen molar-refractivity contribution < 1.29 is 23.8 Å². The van der Waals surface area contributed by atoms with Gasteiger partial charge in [0.25, 0.3) is 11.7 Å². The molecule has 2 aromatic rings. The Morgan fingerprint density at radius 2 is 1.71 bits per heavy atom. The lowest BCUT2D eigenvalue weighted by Crippen LogP contribution is -2.34. The largest absolute Gasteiger partial charge is 0.481 e. The summed E-state index contributed by atoms with van der Waals surface area (Å²) in [5.74, 6) is 1.10. The number of carbonyl (C=O) groups is 2. The van der Waals surface area contributed by atoms with E-state index in [2.05, 4.69) is 5.32 Å². The molecule has 1 spiro atoms. The molecule has 6 nitrogen and oxygen atoms in total. The van der Waals surface area contributed by atoms with Gasteiger partial charge in [0.05, 0.1) is 0 Å². The van der Waals surface area contributed by atoms with E-state index >= 15 is 0 Å². The molecule has 1 aliphatic carbocycles. The smallest absolute Gasteiger partial charge is 0.265 e. The van der Waals surface area contributed by atoms with Gasteiger partial charge in [-0.1, -0.05) is 0 Å². The standard InChI is InChI=1S/C22H23NO5/c1-14(24)16-5-8-18(9-6-16)26-15(2)21(25)23-17-7-10-19-20(13-17)28-22(27-19)11-3-4-12-22/h5-10,13,15H,3-4,11-12H2,1-2H3,(H,23,25). The Labute approximate surface area is 163 Å². The number of hydrogen-bond donors (Lipinski definition) is 1. The Morgan fingerprint density at radius 1 is 1.04 bits per heavy atom. The van der Waals surface area contributed by atoms with Crippen molar-refractivity contribution in [2.75, 3.05) is 5.32 Å². The average molecular weight is 381 g/mol. The lowest BCUT2D eigenvalue weighted by molar-refractivity contribution is -0.122. The molecule has 1 aliphatic heterocycles. The molecule has 0 aromatic heterocycles. The van der Waals surface area contributed by atoms with Crippen LogP contribution in [0.1, 0.15) is 49.9 Å². The van der Waals surface area contributed by atoms with Gasteiger partial charge in [0.2, 0.25) is 0 Å². The molecule has 1 amide bonds. The number of anilines is 1. The van der Waals surface area contributed by atoms with E-state index in [0.717, 1.165) is 31.4 Å². The summed E-state index contributed by atoms with van der Waals surface area (Å²) >= 11 is 0. The van der Waals surface area contributed by atoms with Crippen LogP contribution in [0, 0.1) is 0 Å². The summed E-state index contributed by atoms with van der Waals surface area (Å²) in [4.78, 5) is 23.8. The minimum absolute atomic E-state index is 0.0143. The summed E-state index contributed by atoms with van der Waals surface area (Å²) in [6, 6.07) is 12.1. The summed E-state index contributed by atoms with van der Waals surface area (Å²) in [7, 11) is 0. The van der Waals surface area contributed by atoms with E-state index in [1.54, 1.807) is 43.3 Å². The van der Waals surface area contributed by atoms with Crippen molar-refractivity contribution in [3.8, 4) is 17.2 Å².